The van der Waals surface area contributed by atoms with Crippen LogP contribution < -0.4 is 68.6 Å². The molecule has 5 aliphatic heterocycles. The second-order valence-corrected chi connectivity index (χ2v) is 23.9. The lowest BCUT2D eigenvalue weighted by Gasteiger charge is -2.51. The summed E-state index contributed by atoms with van der Waals surface area (Å²) in [7, 11) is 0. The van der Waals surface area contributed by atoms with E-state index in [4.69, 9.17) is 4.74 Å². The summed E-state index contributed by atoms with van der Waals surface area (Å²) in [6, 6.07) is 76.0. The molecule has 10 aromatic carbocycles. The Morgan fingerprint density at radius 1 is 0.364 bits per heavy atom. The van der Waals surface area contributed by atoms with E-state index in [1.54, 1.807) is 0 Å². The van der Waals surface area contributed by atoms with Gasteiger partial charge < -0.3 is 19.4 Å². The largest absolute Gasteiger partial charge is 0.458 e. The minimum atomic E-state index is -0.0918. The van der Waals surface area contributed by atoms with Crippen LogP contribution in [0.2, 0.25) is 0 Å². The van der Waals surface area contributed by atoms with E-state index in [1.165, 1.54) is 120 Å². The molecule has 16 rings (SSSR count). The molecule has 0 amide bonds. The second-order valence-electron chi connectivity index (χ2n) is 22.8. The number of nitrogens with zero attached hydrogens (tertiary/aromatic N) is 3. The molecular formula is C69H54B3N3OS. The van der Waals surface area contributed by atoms with Crippen LogP contribution in [-0.2, 0) is 0 Å². The maximum absolute atomic E-state index is 7.30. The fourth-order valence-corrected chi connectivity index (χ4v) is 15.6. The first kappa shape index (κ1) is 45.0. The number of fused-ring (bicyclic) bond motifs is 16. The second kappa shape index (κ2) is 16.7. The van der Waals surface area contributed by atoms with Gasteiger partial charge >= 0.3 is 0 Å². The fraction of sp³-hybridized carbons (Fsp3) is 0.130. The van der Waals surface area contributed by atoms with Crippen LogP contribution in [0.15, 0.2) is 200 Å². The van der Waals surface area contributed by atoms with E-state index in [1.807, 2.05) is 11.3 Å². The maximum atomic E-state index is 7.30. The summed E-state index contributed by atoms with van der Waals surface area (Å²) in [5.41, 5.74) is 27.0. The van der Waals surface area contributed by atoms with Crippen molar-refractivity contribution in [1.29, 1.82) is 0 Å². The third-order valence-corrected chi connectivity index (χ3v) is 18.9. The zero-order valence-electron chi connectivity index (χ0n) is 44.2. The van der Waals surface area contributed by atoms with Gasteiger partial charge in [-0.25, -0.2) is 0 Å². The summed E-state index contributed by atoms with van der Waals surface area (Å²) in [6.45, 7) is 14.0. The van der Waals surface area contributed by atoms with Crippen LogP contribution in [0.1, 0.15) is 76.0 Å². The van der Waals surface area contributed by atoms with Gasteiger partial charge in [-0.15, -0.1) is 11.3 Å². The summed E-state index contributed by atoms with van der Waals surface area (Å²) < 4.78 is 9.99. The van der Waals surface area contributed by atoms with Gasteiger partial charge in [-0.1, -0.05) is 180 Å². The van der Waals surface area contributed by atoms with Gasteiger partial charge in [0.05, 0.1) is 0 Å². The number of hydrogen-bond acceptors (Lipinski definition) is 5. The number of ether oxygens (including phenoxy) is 1. The molecule has 0 fully saturated rings. The molecule has 0 radical (unpaired) electrons. The smallest absolute Gasteiger partial charge is 0.253 e. The van der Waals surface area contributed by atoms with Crippen molar-refractivity contribution in [2.45, 2.75) is 59.3 Å². The number of anilines is 9. The Balaban J connectivity index is 1.05. The van der Waals surface area contributed by atoms with E-state index in [9.17, 15) is 0 Å². The summed E-state index contributed by atoms with van der Waals surface area (Å²) in [5, 5.41) is 2.65. The number of rotatable bonds is 6. The molecule has 77 heavy (non-hydrogen) atoms. The fourth-order valence-electron chi connectivity index (χ4n) is 14.4. The molecule has 4 nitrogen and oxygen atoms in total. The molecule has 0 bridgehead atoms. The monoisotopic (exact) mass is 1010 g/mol. The van der Waals surface area contributed by atoms with E-state index in [0.717, 1.165) is 28.6 Å². The minimum absolute atomic E-state index is 0.0301. The summed E-state index contributed by atoms with van der Waals surface area (Å²) in [6.07, 6.45) is 0. The third-order valence-electron chi connectivity index (χ3n) is 17.7. The lowest BCUT2D eigenvalue weighted by Crippen LogP contribution is -2.69. The van der Waals surface area contributed by atoms with Gasteiger partial charge in [-0.05, 0) is 144 Å². The highest BCUT2D eigenvalue weighted by Gasteiger charge is 2.53. The Labute approximate surface area is 456 Å². The Kier molecular flexibility index (Phi) is 9.75. The van der Waals surface area contributed by atoms with Crippen molar-refractivity contribution in [3.63, 3.8) is 0 Å². The third kappa shape index (κ3) is 6.25. The van der Waals surface area contributed by atoms with Crippen LogP contribution in [-0.4, -0.2) is 20.1 Å². The first-order valence-corrected chi connectivity index (χ1v) is 28.5. The Hall–Kier alpha value is -8.19. The van der Waals surface area contributed by atoms with Gasteiger partial charge in [-0.3, -0.25) is 0 Å². The highest BCUT2D eigenvalue weighted by atomic mass is 32.1. The van der Waals surface area contributed by atoms with Crippen molar-refractivity contribution >= 4 is 152 Å². The van der Waals surface area contributed by atoms with Crippen LogP contribution in [0.4, 0.5) is 51.2 Å². The highest BCUT2D eigenvalue weighted by Crippen LogP contribution is 2.51. The first-order valence-electron chi connectivity index (χ1n) is 27.7. The predicted molar refractivity (Wildman–Crippen MR) is 333 cm³/mol. The van der Waals surface area contributed by atoms with Gasteiger partial charge in [-0.2, -0.15) is 0 Å². The number of benzene rings is 10. The predicted octanol–water partition coefficient (Wildman–Crippen LogP) is 12.7. The van der Waals surface area contributed by atoms with Crippen LogP contribution >= 0.6 is 11.3 Å². The molecule has 1 aromatic heterocycles. The SMILES string of the molecule is CC(C)c1cc(C(C)C)c(B2c3ccccc3Oc3cc4c(cc32)B2c3ccccc3N3c5ccc6c(sc7ccccc76)c5B5c6ccccc6N(c6ccccc6)c6cc(c2c3c65)N4c2ccccc2)c(C(C)C)c1. The lowest BCUT2D eigenvalue weighted by molar-refractivity contribution is 0.487. The number of para-hydroxylation sites is 5. The summed E-state index contributed by atoms with van der Waals surface area (Å²) in [4.78, 5) is 7.81. The quantitative estimate of drug-likeness (QED) is 0.155. The highest BCUT2D eigenvalue weighted by molar-refractivity contribution is 7.28. The standard InChI is InChI=1S/C69H54B3N3OS/c1-40(2)43-35-48(41(3)4)64(49(36-43)42(5)6)71-52-28-16-19-31-61(52)76-62-39-58-53(37-54(62)71)70-50-26-14-18-30-56(50)75-57-34-33-47-46-25-13-20-32-63(46)77-69(47)67(57)72-51-27-15-17-29-55(51)73(44-21-9-7-10-22-44)60-38-59(65(70)68(75)66(60)72)74(58)45-23-11-8-12-24-45/h7-42H,1-6H3. The molecular weight excluding hydrogens is 951 g/mol. The molecule has 5 aliphatic rings. The summed E-state index contributed by atoms with van der Waals surface area (Å²) in [5.74, 6) is 2.90. The van der Waals surface area contributed by atoms with Crippen molar-refractivity contribution in [3.8, 4) is 11.5 Å². The Morgan fingerprint density at radius 3 is 1.60 bits per heavy atom. The van der Waals surface area contributed by atoms with Crippen LogP contribution in [0.5, 0.6) is 11.5 Å². The van der Waals surface area contributed by atoms with E-state index in [-0.39, 0.29) is 20.1 Å². The van der Waals surface area contributed by atoms with Gasteiger partial charge in [0.15, 0.2) is 0 Å². The maximum Gasteiger partial charge on any atom is 0.253 e. The van der Waals surface area contributed by atoms with Crippen LogP contribution in [0.3, 0.4) is 0 Å². The van der Waals surface area contributed by atoms with Gasteiger partial charge in [0.1, 0.15) is 11.5 Å². The van der Waals surface area contributed by atoms with Crippen molar-refractivity contribution in [1.82, 2.24) is 0 Å². The number of thiophene rings is 1. The minimum Gasteiger partial charge on any atom is -0.458 e. The molecule has 0 spiro atoms. The van der Waals surface area contributed by atoms with Gasteiger partial charge in [0, 0.05) is 72.0 Å². The van der Waals surface area contributed by atoms with E-state index < -0.39 is 0 Å². The molecule has 366 valence electrons. The van der Waals surface area contributed by atoms with E-state index >= 15 is 0 Å². The molecule has 11 aromatic rings. The average Bonchev–Trinajstić information content (AvgIpc) is 2.72. The molecule has 0 unspecified atom stereocenters. The molecule has 0 saturated carbocycles. The van der Waals surface area contributed by atoms with Crippen molar-refractivity contribution < 1.29 is 4.74 Å². The van der Waals surface area contributed by atoms with Crippen molar-refractivity contribution in [2.24, 2.45) is 0 Å². The average molecular weight is 1010 g/mol. The van der Waals surface area contributed by atoms with Crippen LogP contribution in [0, 0.1) is 0 Å². The van der Waals surface area contributed by atoms with E-state index in [0.29, 0.717) is 17.8 Å². The lowest BCUT2D eigenvalue weighted by atomic mass is 9.28. The molecule has 6 heterocycles. The Bertz CT molecular complexity index is 4270. The Morgan fingerprint density at radius 2 is 0.922 bits per heavy atom. The van der Waals surface area contributed by atoms with Gasteiger partial charge in [0.2, 0.25) is 0 Å². The van der Waals surface area contributed by atoms with Crippen molar-refractivity contribution in [2.75, 3.05) is 14.7 Å². The zero-order chi connectivity index (χ0) is 51.5. The topological polar surface area (TPSA) is 19.0 Å². The van der Waals surface area contributed by atoms with Gasteiger partial charge in [0.25, 0.3) is 20.1 Å². The molecule has 0 aliphatic carbocycles. The normalized spacial score (nSPS) is 14.1. The molecule has 0 atom stereocenters. The van der Waals surface area contributed by atoms with Crippen molar-refractivity contribution in [3.05, 3.63) is 217 Å². The molecule has 0 saturated heterocycles. The zero-order valence-corrected chi connectivity index (χ0v) is 45.0. The number of hydrogen-bond donors (Lipinski definition) is 0. The molecule has 0 N–H and O–H groups in total. The van der Waals surface area contributed by atoms with E-state index in [2.05, 4.69) is 256 Å². The first-order chi connectivity index (χ1) is 37.7. The molecule has 8 heteroatoms. The van der Waals surface area contributed by atoms with Crippen LogP contribution in [0.25, 0.3) is 20.2 Å². The summed E-state index contributed by atoms with van der Waals surface area (Å²) >= 11 is 1.95.